The number of para-hydroxylation sites is 1. The number of carboxylic acids is 1. The van der Waals surface area contributed by atoms with E-state index in [0.717, 1.165) is 16.8 Å². The van der Waals surface area contributed by atoms with Crippen molar-refractivity contribution in [3.63, 3.8) is 0 Å². The van der Waals surface area contributed by atoms with Gasteiger partial charge in [0.05, 0.1) is 29.8 Å². The van der Waals surface area contributed by atoms with Crippen LogP contribution in [-0.2, 0) is 11.0 Å². The summed E-state index contributed by atoms with van der Waals surface area (Å²) < 4.78 is 51.9. The maximum atomic E-state index is 13.4. The Morgan fingerprint density at radius 2 is 1.89 bits per heavy atom. The number of rotatable bonds is 7. The molecule has 8 nitrogen and oxygen atoms in total. The highest BCUT2D eigenvalue weighted by Gasteiger charge is 2.31. The van der Waals surface area contributed by atoms with E-state index in [-0.39, 0.29) is 28.3 Å². The summed E-state index contributed by atoms with van der Waals surface area (Å²) in [5, 5.41) is 13.3. The summed E-state index contributed by atoms with van der Waals surface area (Å²) in [6, 6.07) is 13.8. The maximum absolute atomic E-state index is 13.4. The largest absolute Gasteiger partial charge is 0.493 e. The number of halogens is 4. The zero-order valence-corrected chi connectivity index (χ0v) is 20.6. The van der Waals surface area contributed by atoms with Crippen LogP contribution in [0.5, 0.6) is 11.5 Å². The summed E-state index contributed by atoms with van der Waals surface area (Å²) in [5.74, 6) is -0.902. The number of benzene rings is 3. The van der Waals surface area contributed by atoms with Crippen LogP contribution in [0.25, 0.3) is 22.3 Å². The highest BCUT2D eigenvalue weighted by atomic mass is 79.9. The second-order valence-corrected chi connectivity index (χ2v) is 8.45. The van der Waals surface area contributed by atoms with E-state index in [9.17, 15) is 22.8 Å². The lowest BCUT2D eigenvalue weighted by Crippen LogP contribution is -2.20. The molecular formula is C25H17BrF3N3O5. The monoisotopic (exact) mass is 575 g/mol. The van der Waals surface area contributed by atoms with Crippen molar-refractivity contribution in [2.75, 3.05) is 13.7 Å². The quantitative estimate of drug-likeness (QED) is 0.304. The Balaban J connectivity index is 1.86. The van der Waals surface area contributed by atoms with Gasteiger partial charge in [0.15, 0.2) is 23.9 Å². The van der Waals surface area contributed by atoms with Crippen LogP contribution in [0, 0.1) is 0 Å². The first-order valence-electron chi connectivity index (χ1n) is 10.5. The third kappa shape index (κ3) is 5.64. The number of carboxylic acid groups (broad SMARTS) is 1. The Morgan fingerprint density at radius 1 is 1.14 bits per heavy atom. The average Bonchev–Trinajstić information content (AvgIpc) is 2.87. The van der Waals surface area contributed by atoms with Crippen LogP contribution >= 0.6 is 15.9 Å². The van der Waals surface area contributed by atoms with Crippen LogP contribution in [0.15, 0.2) is 75.0 Å². The molecule has 0 atom stereocenters. The number of aromatic nitrogens is 2. The molecule has 190 valence electrons. The van der Waals surface area contributed by atoms with Crippen molar-refractivity contribution >= 4 is 39.0 Å². The molecule has 1 N–H and O–H groups in total. The van der Waals surface area contributed by atoms with Crippen LogP contribution < -0.4 is 15.0 Å². The summed E-state index contributed by atoms with van der Waals surface area (Å²) in [6.45, 7) is -0.589. The second kappa shape index (κ2) is 10.4. The Kier molecular flexibility index (Phi) is 7.30. The van der Waals surface area contributed by atoms with E-state index in [4.69, 9.17) is 14.6 Å². The summed E-state index contributed by atoms with van der Waals surface area (Å²) in [5.41, 5.74) is -0.723. The van der Waals surface area contributed by atoms with Gasteiger partial charge in [0.1, 0.15) is 0 Å². The van der Waals surface area contributed by atoms with E-state index < -0.39 is 29.9 Å². The summed E-state index contributed by atoms with van der Waals surface area (Å²) in [6.07, 6.45) is -3.30. The van der Waals surface area contributed by atoms with Gasteiger partial charge in [0.25, 0.3) is 5.56 Å². The summed E-state index contributed by atoms with van der Waals surface area (Å²) >= 11 is 3.34. The molecule has 4 rings (SSSR count). The Labute approximate surface area is 215 Å². The molecule has 0 fully saturated rings. The predicted octanol–water partition coefficient (Wildman–Crippen LogP) is 5.20. The van der Waals surface area contributed by atoms with Gasteiger partial charge in [0, 0.05) is 15.6 Å². The van der Waals surface area contributed by atoms with Gasteiger partial charge in [-0.25, -0.2) is 9.78 Å². The van der Waals surface area contributed by atoms with E-state index in [1.165, 1.54) is 37.6 Å². The number of methoxy groups -OCH3 is 1. The Morgan fingerprint density at radius 3 is 2.59 bits per heavy atom. The molecule has 0 saturated carbocycles. The lowest BCUT2D eigenvalue weighted by Gasteiger charge is -2.13. The zero-order valence-electron chi connectivity index (χ0n) is 19.0. The number of fused-ring (bicyclic) bond motifs is 1. The van der Waals surface area contributed by atoms with E-state index in [1.54, 1.807) is 24.3 Å². The van der Waals surface area contributed by atoms with Crippen molar-refractivity contribution in [1.82, 2.24) is 9.66 Å². The molecule has 0 bridgehead atoms. The standard InChI is InChI=1S/C25H17BrF3N3O5/c1-36-20-10-15(18(26)11-21(20)37-13-22(33)34)12-30-32-23(14-5-4-6-16(9-14)25(27,28)29)31-19-8-3-2-7-17(19)24(32)35/h2-12H,13H2,1H3,(H,33,34). The SMILES string of the molecule is COc1cc(C=Nn2c(-c3cccc(C(F)(F)F)c3)nc3ccccc3c2=O)c(Br)cc1OCC(=O)O. The number of hydrogen-bond acceptors (Lipinski definition) is 6. The van der Waals surface area contributed by atoms with Crippen molar-refractivity contribution in [3.05, 3.63) is 86.6 Å². The molecule has 1 heterocycles. The van der Waals surface area contributed by atoms with Crippen LogP contribution in [0.4, 0.5) is 13.2 Å². The fraction of sp³-hybridized carbons (Fsp3) is 0.120. The highest BCUT2D eigenvalue weighted by Crippen LogP contribution is 2.34. The topological polar surface area (TPSA) is 103 Å². The average molecular weight is 576 g/mol. The number of carbonyl (C=O) groups is 1. The zero-order chi connectivity index (χ0) is 26.7. The number of nitrogens with zero attached hydrogens (tertiary/aromatic N) is 3. The molecule has 0 saturated heterocycles. The second-order valence-electron chi connectivity index (χ2n) is 7.60. The third-order valence-electron chi connectivity index (χ3n) is 5.15. The molecule has 0 radical (unpaired) electrons. The highest BCUT2D eigenvalue weighted by molar-refractivity contribution is 9.10. The van der Waals surface area contributed by atoms with Crippen molar-refractivity contribution in [2.24, 2.45) is 5.10 Å². The van der Waals surface area contributed by atoms with Gasteiger partial charge in [-0.15, -0.1) is 0 Å². The van der Waals surface area contributed by atoms with E-state index in [1.807, 2.05) is 0 Å². The van der Waals surface area contributed by atoms with Gasteiger partial charge in [-0.3, -0.25) is 4.79 Å². The molecule has 0 aliphatic carbocycles. The first kappa shape index (κ1) is 25.9. The molecule has 0 aliphatic heterocycles. The van der Waals surface area contributed by atoms with Crippen LogP contribution in [0.2, 0.25) is 0 Å². The number of alkyl halides is 3. The Bertz CT molecular complexity index is 1580. The predicted molar refractivity (Wildman–Crippen MR) is 133 cm³/mol. The van der Waals surface area contributed by atoms with Gasteiger partial charge >= 0.3 is 12.1 Å². The lowest BCUT2D eigenvalue weighted by atomic mass is 10.1. The fourth-order valence-electron chi connectivity index (χ4n) is 3.43. The minimum Gasteiger partial charge on any atom is -0.493 e. The van der Waals surface area contributed by atoms with Crippen LogP contribution in [-0.4, -0.2) is 40.7 Å². The smallest absolute Gasteiger partial charge is 0.416 e. The summed E-state index contributed by atoms with van der Waals surface area (Å²) in [7, 11) is 1.36. The molecule has 3 aromatic carbocycles. The maximum Gasteiger partial charge on any atom is 0.416 e. The van der Waals surface area contributed by atoms with Crippen molar-refractivity contribution in [3.8, 4) is 22.9 Å². The normalized spacial score (nSPS) is 11.7. The Hall–Kier alpha value is -4.19. The van der Waals surface area contributed by atoms with Gasteiger partial charge < -0.3 is 14.6 Å². The van der Waals surface area contributed by atoms with E-state index in [0.29, 0.717) is 15.6 Å². The van der Waals surface area contributed by atoms with Crippen molar-refractivity contribution in [2.45, 2.75) is 6.18 Å². The summed E-state index contributed by atoms with van der Waals surface area (Å²) in [4.78, 5) is 28.6. The van der Waals surface area contributed by atoms with Crippen molar-refractivity contribution in [1.29, 1.82) is 0 Å². The molecule has 4 aromatic rings. The van der Waals surface area contributed by atoms with Gasteiger partial charge in [-0.05, 0) is 52.3 Å². The van der Waals surface area contributed by atoms with Gasteiger partial charge in [0.2, 0.25) is 0 Å². The third-order valence-corrected chi connectivity index (χ3v) is 5.84. The molecule has 0 spiro atoms. The molecule has 12 heteroatoms. The van der Waals surface area contributed by atoms with Gasteiger partial charge in [-0.1, -0.05) is 24.3 Å². The molecule has 0 unspecified atom stereocenters. The fourth-order valence-corrected chi connectivity index (χ4v) is 3.86. The molecule has 0 amide bonds. The number of hydrogen-bond donors (Lipinski definition) is 1. The lowest BCUT2D eigenvalue weighted by molar-refractivity contribution is -0.139. The number of aliphatic carboxylic acids is 1. The minimum absolute atomic E-state index is 0.0453. The van der Waals surface area contributed by atoms with Crippen LogP contribution in [0.1, 0.15) is 11.1 Å². The van der Waals surface area contributed by atoms with Crippen LogP contribution in [0.3, 0.4) is 0 Å². The van der Waals surface area contributed by atoms with Gasteiger partial charge in [-0.2, -0.15) is 22.9 Å². The minimum atomic E-state index is -4.59. The molecule has 1 aromatic heterocycles. The first-order valence-corrected chi connectivity index (χ1v) is 11.3. The molecular weight excluding hydrogens is 559 g/mol. The number of ether oxygens (including phenoxy) is 2. The molecule has 0 aliphatic rings. The molecule has 37 heavy (non-hydrogen) atoms. The van der Waals surface area contributed by atoms with E-state index >= 15 is 0 Å². The van der Waals surface area contributed by atoms with E-state index in [2.05, 4.69) is 26.0 Å². The first-order chi connectivity index (χ1) is 17.6. The van der Waals surface area contributed by atoms with Crippen molar-refractivity contribution < 1.29 is 32.5 Å².